The van der Waals surface area contributed by atoms with E-state index in [1.54, 1.807) is 18.2 Å². The lowest BCUT2D eigenvalue weighted by Gasteiger charge is -2.17. The summed E-state index contributed by atoms with van der Waals surface area (Å²) in [6.45, 7) is 5.55. The van der Waals surface area contributed by atoms with Crippen molar-refractivity contribution >= 4 is 17.7 Å². The molecule has 0 radical (unpaired) electrons. The number of nitrogens with one attached hydrogen (secondary N) is 3. The quantitative estimate of drug-likeness (QED) is 0.426. The summed E-state index contributed by atoms with van der Waals surface area (Å²) < 4.78 is 32.4. The van der Waals surface area contributed by atoms with Crippen molar-refractivity contribution in [2.45, 2.75) is 26.3 Å². The van der Waals surface area contributed by atoms with Gasteiger partial charge in [-0.2, -0.15) is 5.10 Å². The van der Waals surface area contributed by atoms with Gasteiger partial charge >= 0.3 is 0 Å². The predicted molar refractivity (Wildman–Crippen MR) is 115 cm³/mol. The minimum Gasteiger partial charge on any atom is -0.497 e. The summed E-state index contributed by atoms with van der Waals surface area (Å²) in [5.74, 6) is -0.951. The Labute approximate surface area is 178 Å². The number of ether oxygens (including phenoxy) is 1. The van der Waals surface area contributed by atoms with Crippen LogP contribution in [0.15, 0.2) is 53.5 Å². The fourth-order valence-electron chi connectivity index (χ4n) is 2.69. The van der Waals surface area contributed by atoms with E-state index in [2.05, 4.69) is 25.8 Å². The van der Waals surface area contributed by atoms with Gasteiger partial charge in [0.15, 0.2) is 5.82 Å². The van der Waals surface area contributed by atoms with Crippen molar-refractivity contribution < 1.29 is 18.3 Å². The number of hydrogen-bond donors (Lipinski definition) is 3. The lowest BCUT2D eigenvalue weighted by Crippen LogP contribution is -2.38. The monoisotopic (exact) mass is 427 g/mol. The number of guanidine groups is 1. The maximum Gasteiger partial charge on any atom is 0.260 e. The van der Waals surface area contributed by atoms with Gasteiger partial charge in [-0.3, -0.25) is 15.2 Å². The average molecular weight is 427 g/mol. The summed E-state index contributed by atoms with van der Waals surface area (Å²) in [5, 5.41) is 12.5. The normalized spacial score (nSPS) is 11.9. The smallest absolute Gasteiger partial charge is 0.260 e. The molecule has 0 aliphatic heterocycles. The maximum absolute atomic E-state index is 14.3. The Balaban J connectivity index is 1.81. The van der Waals surface area contributed by atoms with Gasteiger partial charge in [-0.15, -0.1) is 0 Å². The fourth-order valence-corrected chi connectivity index (χ4v) is 2.69. The molecule has 162 valence electrons. The molecule has 0 aliphatic carbocycles. The van der Waals surface area contributed by atoms with E-state index in [0.717, 1.165) is 11.6 Å². The van der Waals surface area contributed by atoms with Crippen LogP contribution >= 0.6 is 0 Å². The van der Waals surface area contributed by atoms with E-state index in [-0.39, 0.29) is 17.3 Å². The van der Waals surface area contributed by atoms with Crippen LogP contribution in [0, 0.1) is 11.6 Å². The van der Waals surface area contributed by atoms with Gasteiger partial charge in [0.05, 0.1) is 23.9 Å². The number of amides is 1. The molecule has 1 heterocycles. The van der Waals surface area contributed by atoms with Gasteiger partial charge in [0.25, 0.3) is 5.91 Å². The number of nitrogens with zero attached hydrogens (tertiary/aromatic N) is 2. The molecule has 3 aromatic rings. The Kier molecular flexibility index (Phi) is 6.33. The molecule has 3 rings (SSSR count). The van der Waals surface area contributed by atoms with Gasteiger partial charge in [0, 0.05) is 12.1 Å². The van der Waals surface area contributed by atoms with E-state index in [9.17, 15) is 13.6 Å². The third-order valence-electron chi connectivity index (χ3n) is 4.08. The summed E-state index contributed by atoms with van der Waals surface area (Å²) in [6, 6.07) is 11.6. The van der Waals surface area contributed by atoms with E-state index in [0.29, 0.717) is 17.3 Å². The van der Waals surface area contributed by atoms with Crippen molar-refractivity contribution in [1.82, 2.24) is 15.5 Å². The molecule has 0 aliphatic rings. The predicted octanol–water partition coefficient (Wildman–Crippen LogP) is 4.36. The SMILES string of the molecule is COc1ccc(C(=O)NC(=NC(C)(C)C)Nc2cc(-c3ccc(F)cc3)[nH]n2)c(F)c1. The topological polar surface area (TPSA) is 91.4 Å². The van der Waals surface area contributed by atoms with Crippen molar-refractivity contribution in [2.75, 3.05) is 12.4 Å². The molecule has 31 heavy (non-hydrogen) atoms. The number of carbonyl (C=O) groups is 1. The van der Waals surface area contributed by atoms with E-state index in [4.69, 9.17) is 4.74 Å². The van der Waals surface area contributed by atoms with Gasteiger partial charge in [-0.25, -0.2) is 13.8 Å². The summed E-state index contributed by atoms with van der Waals surface area (Å²) >= 11 is 0. The second-order valence-electron chi connectivity index (χ2n) is 7.73. The van der Waals surface area contributed by atoms with Gasteiger partial charge in [0.1, 0.15) is 17.4 Å². The number of aliphatic imine (C=N–C) groups is 1. The third-order valence-corrected chi connectivity index (χ3v) is 4.08. The molecule has 7 nitrogen and oxygen atoms in total. The zero-order chi connectivity index (χ0) is 22.6. The Morgan fingerprint density at radius 1 is 1.10 bits per heavy atom. The Morgan fingerprint density at radius 3 is 2.42 bits per heavy atom. The number of rotatable bonds is 4. The molecule has 9 heteroatoms. The zero-order valence-electron chi connectivity index (χ0n) is 17.6. The van der Waals surface area contributed by atoms with E-state index < -0.39 is 17.3 Å². The van der Waals surface area contributed by atoms with Crippen LogP contribution in [0.2, 0.25) is 0 Å². The minimum atomic E-state index is -0.717. The van der Waals surface area contributed by atoms with Gasteiger partial charge in [-0.05, 0) is 62.7 Å². The van der Waals surface area contributed by atoms with Crippen LogP contribution in [0.25, 0.3) is 11.3 Å². The Bertz CT molecular complexity index is 1100. The molecule has 2 aromatic carbocycles. The standard InChI is InChI=1S/C22H23F2N5O2/c1-22(2,3)27-21(26-20(30)16-10-9-15(31-4)11-17(16)24)25-19-12-18(28-29-19)13-5-7-14(23)8-6-13/h5-12H,1-4H3,(H3,25,26,27,28,29,30). The molecule has 3 N–H and O–H groups in total. The molecule has 0 bridgehead atoms. The highest BCUT2D eigenvalue weighted by molar-refractivity contribution is 6.10. The molecular weight excluding hydrogens is 404 g/mol. The number of hydrogen-bond acceptors (Lipinski definition) is 4. The van der Waals surface area contributed by atoms with E-state index in [1.165, 1.54) is 31.4 Å². The lowest BCUT2D eigenvalue weighted by molar-refractivity contribution is 0.0973. The highest BCUT2D eigenvalue weighted by atomic mass is 19.1. The number of halogens is 2. The Morgan fingerprint density at radius 2 is 1.81 bits per heavy atom. The lowest BCUT2D eigenvalue weighted by atomic mass is 10.1. The van der Waals surface area contributed by atoms with Crippen molar-refractivity contribution in [3.8, 4) is 17.0 Å². The van der Waals surface area contributed by atoms with Gasteiger partial charge in [0.2, 0.25) is 5.96 Å². The van der Waals surface area contributed by atoms with Crippen molar-refractivity contribution in [2.24, 2.45) is 4.99 Å². The molecule has 0 saturated heterocycles. The molecule has 0 fully saturated rings. The van der Waals surface area contributed by atoms with Crippen LogP contribution in [0.3, 0.4) is 0 Å². The second kappa shape index (κ2) is 8.95. The van der Waals surface area contributed by atoms with Gasteiger partial charge in [-0.1, -0.05) is 0 Å². The number of aromatic amines is 1. The largest absolute Gasteiger partial charge is 0.497 e. The molecule has 0 atom stereocenters. The average Bonchev–Trinajstić information content (AvgIpc) is 3.15. The van der Waals surface area contributed by atoms with Crippen molar-refractivity contribution in [1.29, 1.82) is 0 Å². The van der Waals surface area contributed by atoms with Crippen LogP contribution in [0.5, 0.6) is 5.75 Å². The van der Waals surface area contributed by atoms with Crippen LogP contribution in [-0.4, -0.2) is 34.7 Å². The summed E-state index contributed by atoms with van der Waals surface area (Å²) in [7, 11) is 1.41. The van der Waals surface area contributed by atoms with Gasteiger partial charge < -0.3 is 10.1 Å². The highest BCUT2D eigenvalue weighted by Crippen LogP contribution is 2.20. The first-order valence-corrected chi connectivity index (χ1v) is 9.48. The molecule has 0 spiro atoms. The first kappa shape index (κ1) is 21.9. The minimum absolute atomic E-state index is 0.102. The van der Waals surface area contributed by atoms with Crippen LogP contribution in [0.1, 0.15) is 31.1 Å². The number of anilines is 1. The second-order valence-corrected chi connectivity index (χ2v) is 7.73. The number of H-pyrrole nitrogens is 1. The fraction of sp³-hybridized carbons (Fsp3) is 0.227. The van der Waals surface area contributed by atoms with Crippen LogP contribution < -0.4 is 15.4 Å². The zero-order valence-corrected chi connectivity index (χ0v) is 17.6. The summed E-state index contributed by atoms with van der Waals surface area (Å²) in [6.07, 6.45) is 0. The van der Waals surface area contributed by atoms with E-state index >= 15 is 0 Å². The maximum atomic E-state index is 14.3. The number of aromatic nitrogens is 2. The molecule has 0 saturated carbocycles. The number of benzene rings is 2. The van der Waals surface area contributed by atoms with Crippen LogP contribution in [0.4, 0.5) is 14.6 Å². The number of carbonyl (C=O) groups excluding carboxylic acids is 1. The molecular formula is C22H23F2N5O2. The van der Waals surface area contributed by atoms with Crippen molar-refractivity contribution in [3.05, 3.63) is 65.7 Å². The van der Waals surface area contributed by atoms with E-state index in [1.807, 2.05) is 20.8 Å². The first-order valence-electron chi connectivity index (χ1n) is 9.48. The summed E-state index contributed by atoms with van der Waals surface area (Å²) in [4.78, 5) is 17.1. The first-order chi connectivity index (χ1) is 14.6. The number of methoxy groups -OCH3 is 1. The molecule has 1 amide bonds. The van der Waals surface area contributed by atoms with Crippen LogP contribution in [-0.2, 0) is 0 Å². The Hall–Kier alpha value is -3.75. The third kappa shape index (κ3) is 5.88. The molecule has 1 aromatic heterocycles. The van der Waals surface area contributed by atoms with Crippen molar-refractivity contribution in [3.63, 3.8) is 0 Å². The highest BCUT2D eigenvalue weighted by Gasteiger charge is 2.18. The summed E-state index contributed by atoms with van der Waals surface area (Å²) in [5.41, 5.74) is 0.688. The molecule has 0 unspecified atom stereocenters.